The van der Waals surface area contributed by atoms with Gasteiger partial charge in [0.15, 0.2) is 5.78 Å². The van der Waals surface area contributed by atoms with Gasteiger partial charge in [-0.2, -0.15) is 0 Å². The molecule has 1 saturated carbocycles. The normalized spacial score (nSPS) is 14.0. The number of ketones is 1. The summed E-state index contributed by atoms with van der Waals surface area (Å²) in [4.78, 5) is 43.8. The maximum Gasteiger partial charge on any atom is 0.330 e. The van der Waals surface area contributed by atoms with E-state index in [2.05, 4.69) is 52.4 Å². The van der Waals surface area contributed by atoms with Crippen molar-refractivity contribution in [3.63, 3.8) is 0 Å². The van der Waals surface area contributed by atoms with E-state index in [-0.39, 0.29) is 34.3 Å². The van der Waals surface area contributed by atoms with Gasteiger partial charge in [0.25, 0.3) is 0 Å². The van der Waals surface area contributed by atoms with Gasteiger partial charge in [-0.15, -0.1) is 0 Å². The predicted molar refractivity (Wildman–Crippen MR) is 205 cm³/mol. The van der Waals surface area contributed by atoms with Crippen molar-refractivity contribution in [3.05, 3.63) is 60.8 Å². The number of rotatable bonds is 11. The molecule has 0 heterocycles. The highest BCUT2D eigenvalue weighted by molar-refractivity contribution is 5.89. The molecule has 0 N–H and O–H groups in total. The molecule has 0 unspecified atom stereocenters. The number of carbonyl (C=O) groups excluding carboxylic acids is 4. The van der Waals surface area contributed by atoms with Crippen LogP contribution in [0.5, 0.6) is 0 Å². The Bertz CT molecular complexity index is 1070. The average Bonchev–Trinajstić information content (AvgIpc) is 2.91. The van der Waals surface area contributed by atoms with Gasteiger partial charge >= 0.3 is 17.9 Å². The second-order valence-electron chi connectivity index (χ2n) is 16.7. The van der Waals surface area contributed by atoms with E-state index in [1.165, 1.54) is 44.6 Å². The summed E-state index contributed by atoms with van der Waals surface area (Å²) in [5, 5.41) is 0. The van der Waals surface area contributed by atoms with Crippen LogP contribution >= 0.6 is 0 Å². The first-order chi connectivity index (χ1) is 22.3. The van der Waals surface area contributed by atoms with Crippen LogP contribution in [0, 0.1) is 22.2 Å². The Kier molecular flexibility index (Phi) is 27.3. The molecule has 0 amide bonds. The fourth-order valence-corrected chi connectivity index (χ4v) is 3.27. The Balaban J connectivity index is -0.000000580. The van der Waals surface area contributed by atoms with Gasteiger partial charge in [-0.1, -0.05) is 105 Å². The van der Waals surface area contributed by atoms with Gasteiger partial charge in [0.1, 0.15) is 5.60 Å². The van der Waals surface area contributed by atoms with E-state index < -0.39 is 0 Å². The largest absolute Gasteiger partial charge is 0.466 e. The number of esters is 3. The quantitative estimate of drug-likeness (QED) is 0.0922. The van der Waals surface area contributed by atoms with Crippen LogP contribution in [0.15, 0.2) is 60.8 Å². The summed E-state index contributed by atoms with van der Waals surface area (Å²) in [6, 6.07) is 0. The van der Waals surface area contributed by atoms with Crippen molar-refractivity contribution < 1.29 is 33.4 Å². The number of ether oxygens (including phenoxy) is 3. The molecule has 0 aromatic rings. The van der Waals surface area contributed by atoms with E-state index >= 15 is 0 Å². The van der Waals surface area contributed by atoms with Crippen molar-refractivity contribution in [1.82, 2.24) is 0 Å². The van der Waals surface area contributed by atoms with Crippen LogP contribution in [0.25, 0.3) is 0 Å². The second-order valence-corrected chi connectivity index (χ2v) is 16.7. The van der Waals surface area contributed by atoms with Gasteiger partial charge in [-0.3, -0.25) is 4.79 Å². The summed E-state index contributed by atoms with van der Waals surface area (Å²) >= 11 is 0. The highest BCUT2D eigenvalue weighted by atomic mass is 16.6. The van der Waals surface area contributed by atoms with Crippen molar-refractivity contribution in [3.8, 4) is 0 Å². The molecular weight excluding hydrogens is 616 g/mol. The average molecular weight is 689 g/mol. The van der Waals surface area contributed by atoms with Gasteiger partial charge in [-0.05, 0) is 95.0 Å². The zero-order chi connectivity index (χ0) is 38.7. The van der Waals surface area contributed by atoms with Crippen LogP contribution in [0.4, 0.5) is 0 Å². The van der Waals surface area contributed by atoms with Crippen LogP contribution < -0.4 is 0 Å². The van der Waals surface area contributed by atoms with Gasteiger partial charge in [0.2, 0.25) is 0 Å². The van der Waals surface area contributed by atoms with Gasteiger partial charge in [0, 0.05) is 24.6 Å². The lowest BCUT2D eigenvalue weighted by atomic mass is 9.84. The summed E-state index contributed by atoms with van der Waals surface area (Å²) in [7, 11) is 1.39. The Labute approximate surface area is 300 Å². The van der Waals surface area contributed by atoms with Gasteiger partial charge < -0.3 is 14.2 Å². The van der Waals surface area contributed by atoms with Crippen LogP contribution in [-0.2, 0) is 33.4 Å². The third-order valence-electron chi connectivity index (χ3n) is 6.23. The Morgan fingerprint density at radius 1 is 0.653 bits per heavy atom. The van der Waals surface area contributed by atoms with Crippen LogP contribution in [0.2, 0.25) is 0 Å². The number of carbonyl (C=O) groups is 4. The minimum absolute atomic E-state index is 0.0318. The molecule has 282 valence electrons. The van der Waals surface area contributed by atoms with E-state index in [9.17, 15) is 19.2 Å². The summed E-state index contributed by atoms with van der Waals surface area (Å²) in [5.74, 6) is 0.160. The Morgan fingerprint density at radius 2 is 1.22 bits per heavy atom. The predicted octanol–water partition coefficient (Wildman–Crippen LogP) is 10.9. The molecule has 0 aromatic heterocycles. The van der Waals surface area contributed by atoms with Crippen molar-refractivity contribution in [2.45, 2.75) is 147 Å². The molecular formula is C42H72O7. The molecule has 0 saturated heterocycles. The number of methoxy groups -OCH3 is 1. The van der Waals surface area contributed by atoms with Gasteiger partial charge in [0.05, 0.1) is 13.7 Å². The van der Waals surface area contributed by atoms with E-state index in [4.69, 9.17) is 9.47 Å². The standard InChI is InChI=1S/C13H22O.C11H18O2.C10H18O2.C8H14O2/c1-13(2,3)10-9-12(14)8-7-11-5-4-6-11;1-5-6-7-8-10(12)13-9-11(2,3)4;1-10(2,3)8-6-5-7-9(11)12-4;1-5-6-7(9)10-8(2,3)4/h7-8,11H,4-6,9-10H2,1-3H3;5-8H,9H2,1-4H3;5,7H,6,8H2,1-4H3;5-6H,1-4H3/b8-7+;6-5+,8-7+;7-5+;6-5+. The molecule has 0 radical (unpaired) electrons. The van der Waals surface area contributed by atoms with E-state index in [0.29, 0.717) is 30.1 Å². The first-order valence-electron chi connectivity index (χ1n) is 17.6. The maximum absolute atomic E-state index is 11.4. The lowest BCUT2D eigenvalue weighted by Crippen LogP contribution is -2.22. The van der Waals surface area contributed by atoms with Gasteiger partial charge in [-0.25, -0.2) is 14.4 Å². The molecule has 1 aliphatic rings. The SMILES string of the molecule is C/C=C/C(=O)OC(C)(C)C.C/C=C/C=C/C(=O)OCC(C)(C)C.CC(C)(C)CCC(=O)/C=C/C1CCC1.COC(=O)/C=C/CCC(C)(C)C. The maximum atomic E-state index is 11.4. The molecule has 7 nitrogen and oxygen atoms in total. The minimum Gasteiger partial charge on any atom is -0.466 e. The summed E-state index contributed by atoms with van der Waals surface area (Å²) in [5.41, 5.74) is 0.265. The first-order valence-corrected chi connectivity index (χ1v) is 17.6. The molecule has 1 rings (SSSR count). The molecule has 1 fully saturated rings. The van der Waals surface area contributed by atoms with E-state index in [1.54, 1.807) is 31.2 Å². The molecule has 0 aliphatic heterocycles. The van der Waals surface area contributed by atoms with Crippen LogP contribution in [-0.4, -0.2) is 43.0 Å². The summed E-state index contributed by atoms with van der Waals surface area (Å²) in [6.07, 6.45) is 24.7. The first kappa shape index (κ1) is 50.2. The number of hydrogen-bond donors (Lipinski definition) is 0. The zero-order valence-corrected chi connectivity index (χ0v) is 33.9. The van der Waals surface area contributed by atoms with Crippen molar-refractivity contribution in [2.75, 3.05) is 13.7 Å². The van der Waals surface area contributed by atoms with Crippen LogP contribution in [0.1, 0.15) is 142 Å². The topological polar surface area (TPSA) is 96.0 Å². The molecule has 0 spiro atoms. The fraction of sp³-hybridized carbons (Fsp3) is 0.667. The Hall–Kier alpha value is -3.22. The monoisotopic (exact) mass is 689 g/mol. The highest BCUT2D eigenvalue weighted by Crippen LogP contribution is 2.27. The lowest BCUT2D eigenvalue weighted by molar-refractivity contribution is -0.148. The van der Waals surface area contributed by atoms with Crippen molar-refractivity contribution in [1.29, 1.82) is 0 Å². The third-order valence-corrected chi connectivity index (χ3v) is 6.23. The molecule has 0 aromatic carbocycles. The zero-order valence-electron chi connectivity index (χ0n) is 33.9. The molecule has 7 heteroatoms. The smallest absolute Gasteiger partial charge is 0.330 e. The second kappa shape index (κ2) is 26.6. The molecule has 49 heavy (non-hydrogen) atoms. The molecule has 1 aliphatic carbocycles. The third kappa shape index (κ3) is 44.8. The summed E-state index contributed by atoms with van der Waals surface area (Å²) < 4.78 is 14.4. The van der Waals surface area contributed by atoms with Crippen LogP contribution in [0.3, 0.4) is 0 Å². The van der Waals surface area contributed by atoms with Crippen molar-refractivity contribution >= 4 is 23.7 Å². The lowest BCUT2D eigenvalue weighted by Gasteiger charge is -2.21. The van der Waals surface area contributed by atoms with E-state index in [1.807, 2.05) is 60.6 Å². The number of allylic oxidation sites excluding steroid dienone is 7. The molecule has 0 atom stereocenters. The molecule has 0 bridgehead atoms. The fourth-order valence-electron chi connectivity index (χ4n) is 3.27. The van der Waals surface area contributed by atoms with E-state index in [0.717, 1.165) is 19.3 Å². The summed E-state index contributed by atoms with van der Waals surface area (Å²) in [6.45, 7) is 28.8. The Morgan fingerprint density at radius 3 is 1.63 bits per heavy atom. The minimum atomic E-state index is -0.378. The number of hydrogen-bond acceptors (Lipinski definition) is 7. The highest BCUT2D eigenvalue weighted by Gasteiger charge is 2.16. The van der Waals surface area contributed by atoms with Crippen molar-refractivity contribution in [2.24, 2.45) is 22.2 Å².